The molecule has 1 N–H and O–H groups in total. The smallest absolute Gasteiger partial charge is 0.214 e. The molecule has 0 saturated carbocycles. The van der Waals surface area contributed by atoms with Gasteiger partial charge in [0.15, 0.2) is 0 Å². The summed E-state index contributed by atoms with van der Waals surface area (Å²) in [6.07, 6.45) is 1.17. The Kier molecular flexibility index (Phi) is 6.64. The normalized spacial score (nSPS) is 9.47. The lowest BCUT2D eigenvalue weighted by Gasteiger charge is -1.99. The van der Waals surface area contributed by atoms with Crippen LogP contribution in [0.1, 0.15) is 0 Å². The van der Waals surface area contributed by atoms with Crippen LogP contribution in [-0.2, 0) is 14.8 Å². The van der Waals surface area contributed by atoms with E-state index >= 15 is 0 Å². The predicted molar refractivity (Wildman–Crippen MR) is 59.8 cm³/mol. The van der Waals surface area contributed by atoms with Gasteiger partial charge in [-0.3, -0.25) is 0 Å². The lowest BCUT2D eigenvalue weighted by Crippen LogP contribution is -2.18. The predicted octanol–water partition coefficient (Wildman–Crippen LogP) is 0.762. The Balaban J connectivity index is 0.000000423. The number of benzene rings is 1. The molecule has 0 unspecified atom stereocenters. The van der Waals surface area contributed by atoms with Crippen molar-refractivity contribution in [2.75, 3.05) is 7.05 Å². The quantitative estimate of drug-likeness (QED) is 0.459. The zero-order valence-electron chi connectivity index (χ0n) is 7.91. The molecule has 1 aromatic rings. The van der Waals surface area contributed by atoms with Crippen LogP contribution in [0.2, 0.25) is 0 Å². The monoisotopic (exact) mass is 246 g/mol. The fourth-order valence-electron chi connectivity index (χ4n) is 0.717. The highest BCUT2D eigenvalue weighted by atomic mass is 32.2. The van der Waals surface area contributed by atoms with E-state index in [1.807, 2.05) is 0 Å². The largest absolute Gasteiger partial charge is 0.247 e. The first kappa shape index (κ1) is 13.9. The number of nitrogens with one attached hydrogen (secondary N) is 1. The zero-order chi connectivity index (χ0) is 11.7. The molecule has 0 aliphatic carbocycles. The molecule has 0 saturated heterocycles. The van der Waals surface area contributed by atoms with Crippen molar-refractivity contribution in [3.05, 3.63) is 30.3 Å². The molecule has 0 aliphatic rings. The third kappa shape index (κ3) is 5.34. The standard InChI is InChI=1S/C7H9NO2S.CHNOS/c1-8-11(9,10)7-5-3-2-4-6-7;3-1-2-4/h2-6,8H,1H3;4H. The summed E-state index contributed by atoms with van der Waals surface area (Å²) >= 11 is 3.12. The second-order valence-electron chi connectivity index (χ2n) is 2.21. The number of hydrogen-bond donors (Lipinski definition) is 2. The molecule has 82 valence electrons. The van der Waals surface area contributed by atoms with Crippen molar-refractivity contribution >= 4 is 28.9 Å². The van der Waals surface area contributed by atoms with Crippen LogP contribution >= 0.6 is 12.8 Å². The third-order valence-corrected chi connectivity index (χ3v) is 2.87. The van der Waals surface area contributed by atoms with E-state index in [9.17, 15) is 8.42 Å². The first-order chi connectivity index (χ1) is 7.08. The molecule has 0 amide bonds. The van der Waals surface area contributed by atoms with Crippen LogP contribution in [0.5, 0.6) is 0 Å². The Hall–Kier alpha value is -1.14. The number of rotatable bonds is 2. The number of sulfonamides is 1. The molecule has 1 aromatic carbocycles. The summed E-state index contributed by atoms with van der Waals surface area (Å²) in [6, 6.07) is 8.24. The Bertz CT molecular complexity index is 424. The van der Waals surface area contributed by atoms with Crippen LogP contribution < -0.4 is 4.72 Å². The average molecular weight is 246 g/mol. The van der Waals surface area contributed by atoms with Gasteiger partial charge in [-0.05, 0) is 32.0 Å². The fraction of sp³-hybridized carbons (Fsp3) is 0.125. The molecule has 15 heavy (non-hydrogen) atoms. The lowest BCUT2D eigenvalue weighted by atomic mass is 10.4. The molecule has 0 spiro atoms. The molecule has 0 heterocycles. The van der Waals surface area contributed by atoms with E-state index in [0.717, 1.165) is 0 Å². The third-order valence-electron chi connectivity index (χ3n) is 1.36. The molecule has 0 bridgehead atoms. The van der Waals surface area contributed by atoms with Gasteiger partial charge in [0.05, 0.1) is 4.90 Å². The van der Waals surface area contributed by atoms with Crippen molar-refractivity contribution in [2.24, 2.45) is 4.40 Å². The number of hydrogen-bond acceptors (Lipinski definition) is 5. The van der Waals surface area contributed by atoms with Crippen LogP contribution in [0.15, 0.2) is 39.6 Å². The maximum absolute atomic E-state index is 11.1. The van der Waals surface area contributed by atoms with Crippen molar-refractivity contribution in [1.29, 1.82) is 0 Å². The Labute approximate surface area is 93.8 Å². The van der Waals surface area contributed by atoms with Crippen molar-refractivity contribution in [3.63, 3.8) is 0 Å². The minimum Gasteiger partial charge on any atom is -0.214 e. The summed E-state index contributed by atoms with van der Waals surface area (Å²) in [7, 11) is -1.86. The fourth-order valence-corrected chi connectivity index (χ4v) is 1.47. The molecule has 0 aliphatic heterocycles. The molecule has 0 radical (unpaired) electrons. The summed E-state index contributed by atoms with van der Waals surface area (Å²) in [6.45, 7) is 0. The molecule has 0 fully saturated rings. The Morgan fingerprint density at radius 3 is 2.13 bits per heavy atom. The van der Waals surface area contributed by atoms with Gasteiger partial charge < -0.3 is 0 Å². The van der Waals surface area contributed by atoms with Crippen LogP contribution in [0.4, 0.5) is 0 Å². The van der Waals surface area contributed by atoms with E-state index in [0.29, 0.717) is 4.90 Å². The average Bonchev–Trinajstić information content (AvgIpc) is 2.30. The Morgan fingerprint density at radius 1 is 1.33 bits per heavy atom. The van der Waals surface area contributed by atoms with Crippen molar-refractivity contribution < 1.29 is 13.2 Å². The van der Waals surface area contributed by atoms with Crippen LogP contribution in [0.3, 0.4) is 0 Å². The van der Waals surface area contributed by atoms with Crippen molar-refractivity contribution in [3.8, 4) is 0 Å². The zero-order valence-corrected chi connectivity index (χ0v) is 9.63. The molecule has 7 heteroatoms. The first-order valence-corrected chi connectivity index (χ1v) is 5.66. The SMILES string of the molecule is CNS(=O)(=O)c1ccccc1.O=C=NS. The van der Waals surface area contributed by atoms with Crippen molar-refractivity contribution in [2.45, 2.75) is 4.90 Å². The molecule has 0 atom stereocenters. The van der Waals surface area contributed by atoms with Crippen LogP contribution in [0.25, 0.3) is 0 Å². The molecule has 5 nitrogen and oxygen atoms in total. The molecule has 0 aromatic heterocycles. The number of thiol groups is 1. The number of isocyanates is 1. The number of carbonyl (C=O) groups excluding carboxylic acids is 1. The minimum atomic E-state index is -3.25. The summed E-state index contributed by atoms with van der Waals surface area (Å²) in [5, 5.41) is 0. The second kappa shape index (κ2) is 7.19. The van der Waals surface area contributed by atoms with E-state index < -0.39 is 10.0 Å². The van der Waals surface area contributed by atoms with Gasteiger partial charge in [0.1, 0.15) is 0 Å². The van der Waals surface area contributed by atoms with Gasteiger partial charge in [0.2, 0.25) is 16.1 Å². The minimum absolute atomic E-state index is 0.294. The van der Waals surface area contributed by atoms with Crippen molar-refractivity contribution in [1.82, 2.24) is 4.72 Å². The highest BCUT2D eigenvalue weighted by Gasteiger charge is 2.08. The molecular formula is C8H10N2O3S2. The van der Waals surface area contributed by atoms with Gasteiger partial charge in [0, 0.05) is 0 Å². The van der Waals surface area contributed by atoms with Crippen LogP contribution in [0, 0.1) is 0 Å². The highest BCUT2D eigenvalue weighted by Crippen LogP contribution is 2.05. The van der Waals surface area contributed by atoms with Gasteiger partial charge in [-0.25, -0.2) is 17.9 Å². The lowest BCUT2D eigenvalue weighted by molar-refractivity contribution is 0.566. The highest BCUT2D eigenvalue weighted by molar-refractivity contribution is 7.89. The summed E-state index contributed by atoms with van der Waals surface area (Å²) < 4.78 is 27.0. The van der Waals surface area contributed by atoms with Crippen LogP contribution in [-0.4, -0.2) is 21.5 Å². The number of nitrogens with zero attached hydrogens (tertiary/aromatic N) is 1. The van der Waals surface area contributed by atoms with Gasteiger partial charge in [-0.15, -0.1) is 4.40 Å². The van der Waals surface area contributed by atoms with Gasteiger partial charge in [-0.2, -0.15) is 0 Å². The first-order valence-electron chi connectivity index (χ1n) is 3.78. The van der Waals surface area contributed by atoms with Gasteiger partial charge in [-0.1, -0.05) is 18.2 Å². The maximum atomic E-state index is 11.1. The van der Waals surface area contributed by atoms with Gasteiger partial charge >= 0.3 is 0 Å². The van der Waals surface area contributed by atoms with Gasteiger partial charge in [0.25, 0.3) is 0 Å². The Morgan fingerprint density at radius 2 is 1.80 bits per heavy atom. The van der Waals surface area contributed by atoms with E-state index in [-0.39, 0.29) is 0 Å². The maximum Gasteiger partial charge on any atom is 0.247 e. The summed E-state index contributed by atoms with van der Waals surface area (Å²) in [5.41, 5.74) is 0. The molecular weight excluding hydrogens is 236 g/mol. The van der Waals surface area contributed by atoms with E-state index in [1.165, 1.54) is 13.1 Å². The molecule has 1 rings (SSSR count). The van der Waals surface area contributed by atoms with E-state index in [4.69, 9.17) is 4.79 Å². The summed E-state index contributed by atoms with van der Waals surface area (Å²) in [5.74, 6) is 0. The van der Waals surface area contributed by atoms with E-state index in [1.54, 1.807) is 30.3 Å². The topological polar surface area (TPSA) is 75.6 Å². The second-order valence-corrected chi connectivity index (χ2v) is 4.30. The summed E-state index contributed by atoms with van der Waals surface area (Å²) in [4.78, 5) is 9.10. The van der Waals surface area contributed by atoms with E-state index in [2.05, 4.69) is 21.9 Å².